The maximum Gasteiger partial charge on any atom is 0.308 e. The van der Waals surface area contributed by atoms with E-state index in [1.54, 1.807) is 74.4 Å². The number of nitrogens with zero attached hydrogens (tertiary/aromatic N) is 2. The fraction of sp³-hybridized carbons (Fsp3) is 0.286. The first kappa shape index (κ1) is 72.9. The predicted octanol–water partition coefficient (Wildman–Crippen LogP) is 21.3. The summed E-state index contributed by atoms with van der Waals surface area (Å²) in [5.74, 6) is 5.24. The Hall–Kier alpha value is -9.51. The van der Waals surface area contributed by atoms with Gasteiger partial charge in [0, 0.05) is 52.0 Å². The van der Waals surface area contributed by atoms with Crippen molar-refractivity contribution >= 4 is 67.5 Å². The highest BCUT2D eigenvalue weighted by Crippen LogP contribution is 2.33. The monoisotopic (exact) mass is 1290 g/mol. The van der Waals surface area contributed by atoms with Crippen LogP contribution < -0.4 is 18.9 Å². The second kappa shape index (κ2) is 35.1. The van der Waals surface area contributed by atoms with Gasteiger partial charge in [-0.05, 0) is 204 Å². The van der Waals surface area contributed by atoms with Crippen molar-refractivity contribution in [3.8, 4) is 23.0 Å². The van der Waals surface area contributed by atoms with Gasteiger partial charge in [0.15, 0.2) is 5.78 Å². The third-order valence-electron chi connectivity index (χ3n) is 16.8. The molecule has 0 saturated carbocycles. The number of aryl methyl sites for hydroxylation is 2. The van der Waals surface area contributed by atoms with Crippen LogP contribution in [0.2, 0.25) is 5.02 Å². The van der Waals surface area contributed by atoms with Crippen molar-refractivity contribution in [1.29, 1.82) is 0 Å². The molecule has 10 nitrogen and oxygen atoms in total. The summed E-state index contributed by atoms with van der Waals surface area (Å²) in [6, 6.07) is 67.4. The van der Waals surface area contributed by atoms with Gasteiger partial charge in [0.05, 0.1) is 32.5 Å². The lowest BCUT2D eigenvalue weighted by Gasteiger charge is -2.08. The average Bonchev–Trinajstić information content (AvgIpc) is 1.62. The molecule has 0 bridgehead atoms. The predicted molar refractivity (Wildman–Crippen MR) is 392 cm³/mol. The van der Waals surface area contributed by atoms with E-state index in [1.807, 2.05) is 73.7 Å². The average molecular weight is 1290 g/mol. The molecule has 0 amide bonds. The molecular weight excluding hydrogens is 1200 g/mol. The van der Waals surface area contributed by atoms with Gasteiger partial charge in [0.2, 0.25) is 5.78 Å². The lowest BCUT2D eigenvalue weighted by Crippen LogP contribution is -2.13. The number of halogens is 1. The molecule has 11 aromatic rings. The quantitative estimate of drug-likeness (QED) is 0.0601. The Bertz CT molecular complexity index is 4300. The zero-order valence-corrected chi connectivity index (χ0v) is 58.8. The van der Waals surface area contributed by atoms with Crippen molar-refractivity contribution < 1.29 is 38.1 Å². The Kier molecular flexibility index (Phi) is 27.0. The summed E-state index contributed by atoms with van der Waals surface area (Å²) in [7, 11) is 5.04. The van der Waals surface area contributed by atoms with Crippen molar-refractivity contribution in [2.24, 2.45) is 5.92 Å². The first-order chi connectivity index (χ1) is 45.6. The summed E-state index contributed by atoms with van der Waals surface area (Å²) in [6.07, 6.45) is 4.28. The largest absolute Gasteiger partial charge is 0.497 e. The third kappa shape index (κ3) is 20.0. The molecule has 1 unspecified atom stereocenters. The van der Waals surface area contributed by atoms with Gasteiger partial charge in [0.25, 0.3) is 5.91 Å². The zero-order valence-electron chi connectivity index (χ0n) is 58.0. The molecule has 0 fully saturated rings. The van der Waals surface area contributed by atoms with E-state index < -0.39 is 0 Å². The number of carbonyl (C=O) groups excluding carboxylic acids is 4. The lowest BCUT2D eigenvalue weighted by molar-refractivity contribution is -0.131. The molecule has 11 heteroatoms. The summed E-state index contributed by atoms with van der Waals surface area (Å²) in [4.78, 5) is 46.8. The minimum Gasteiger partial charge on any atom is -0.497 e. The van der Waals surface area contributed by atoms with E-state index in [0.29, 0.717) is 39.7 Å². The summed E-state index contributed by atoms with van der Waals surface area (Å²) in [5.41, 5.74) is 12.7. The van der Waals surface area contributed by atoms with Crippen LogP contribution in [0.3, 0.4) is 0 Å². The van der Waals surface area contributed by atoms with E-state index in [2.05, 4.69) is 158 Å². The Morgan fingerprint density at radius 2 is 1.07 bits per heavy atom. The molecule has 1 aliphatic rings. The number of ketones is 2. The number of benzene rings is 9. The number of esters is 1. The second-order valence-corrected chi connectivity index (χ2v) is 25.3. The molecule has 3 heterocycles. The van der Waals surface area contributed by atoms with Crippen molar-refractivity contribution in [3.05, 3.63) is 273 Å². The zero-order chi connectivity index (χ0) is 68.9. The van der Waals surface area contributed by atoms with E-state index >= 15 is 0 Å². The fourth-order valence-corrected chi connectivity index (χ4v) is 11.5. The van der Waals surface area contributed by atoms with Crippen LogP contribution >= 0.6 is 11.6 Å². The van der Waals surface area contributed by atoms with Gasteiger partial charge in [-0.15, -0.1) is 0 Å². The van der Waals surface area contributed by atoms with Gasteiger partial charge in [-0.25, -0.2) is 0 Å². The highest BCUT2D eigenvalue weighted by Gasteiger charge is 2.24. The van der Waals surface area contributed by atoms with Crippen LogP contribution in [0.15, 0.2) is 206 Å². The Morgan fingerprint density at radius 3 is 1.64 bits per heavy atom. The van der Waals surface area contributed by atoms with Crippen molar-refractivity contribution in [2.75, 3.05) is 21.3 Å². The Labute approximate surface area is 567 Å². The number of rotatable bonds is 14. The van der Waals surface area contributed by atoms with E-state index in [0.717, 1.165) is 76.8 Å². The SMILES string of the molecule is CC(=O)Oc1cccc(C(C)=O)c1.CC(C)Cc1ccc(C(C)C)cc1.CC1CCn2c(C(=O)c3ccccc3)ccc21.CCc1c(C)n(C(=O)c2ccc(Cl)cc2)c2ccc(OC)cc12.CCc1ccc2cc(OC)ccc2c1.COc1ccc2cc(C(C)C)ccc2c1. The first-order valence-electron chi connectivity index (χ1n) is 32.9. The van der Waals surface area contributed by atoms with Crippen molar-refractivity contribution in [1.82, 2.24) is 9.13 Å². The van der Waals surface area contributed by atoms with Crippen molar-refractivity contribution in [2.45, 2.75) is 133 Å². The smallest absolute Gasteiger partial charge is 0.308 e. The van der Waals surface area contributed by atoms with Crippen molar-refractivity contribution in [3.63, 3.8) is 0 Å². The third-order valence-corrected chi connectivity index (χ3v) is 17.1. The molecule has 0 spiro atoms. The first-order valence-corrected chi connectivity index (χ1v) is 33.2. The summed E-state index contributed by atoms with van der Waals surface area (Å²) < 4.78 is 24.5. The van der Waals surface area contributed by atoms with E-state index in [9.17, 15) is 19.2 Å². The molecule has 0 N–H and O–H groups in total. The molecule has 0 saturated heterocycles. The highest BCUT2D eigenvalue weighted by atomic mass is 35.5. The Balaban J connectivity index is 0.000000163. The fourth-order valence-electron chi connectivity index (χ4n) is 11.4. The minimum absolute atomic E-state index is 0.0472. The second-order valence-electron chi connectivity index (χ2n) is 24.8. The minimum atomic E-state index is -0.388. The molecule has 1 atom stereocenters. The van der Waals surface area contributed by atoms with Crippen LogP contribution in [-0.4, -0.2) is 53.9 Å². The van der Waals surface area contributed by atoms with Gasteiger partial charge in [-0.1, -0.05) is 189 Å². The molecule has 494 valence electrons. The number of ether oxygens (including phenoxy) is 4. The molecule has 0 aliphatic carbocycles. The van der Waals surface area contributed by atoms with Gasteiger partial charge in [0.1, 0.15) is 23.0 Å². The number of Topliss-reactive ketones (excluding diaryl/α,β-unsaturated/α-hetero) is 1. The molecule has 9 aromatic carbocycles. The number of aromatic nitrogens is 2. The van der Waals surface area contributed by atoms with Gasteiger partial charge >= 0.3 is 5.97 Å². The lowest BCUT2D eigenvalue weighted by atomic mass is 9.98. The topological polar surface area (TPSA) is 115 Å². The van der Waals surface area contributed by atoms with E-state index in [-0.39, 0.29) is 23.4 Å². The maximum atomic E-state index is 13.0. The van der Waals surface area contributed by atoms with Crippen LogP contribution in [0.4, 0.5) is 0 Å². The van der Waals surface area contributed by atoms with Gasteiger partial charge < -0.3 is 23.5 Å². The molecule has 0 radical (unpaired) electrons. The number of methoxy groups -OCH3 is 3. The molecule has 12 rings (SSSR count). The number of carbonyl (C=O) groups is 4. The number of hydrogen-bond acceptors (Lipinski definition) is 8. The van der Waals surface area contributed by atoms with Gasteiger partial charge in [-0.2, -0.15) is 0 Å². The Morgan fingerprint density at radius 1 is 0.526 bits per heavy atom. The van der Waals surface area contributed by atoms with E-state index in [4.69, 9.17) is 30.5 Å². The maximum absolute atomic E-state index is 13.0. The molecular formula is C84H93ClN2O8. The van der Waals surface area contributed by atoms with Crippen LogP contribution in [0, 0.1) is 12.8 Å². The normalized spacial score (nSPS) is 12.0. The standard InChI is InChI=1S/C19H18ClNO2.C15H15NO.C14H16O.C13H14O.C13H20.C10H10O3/c1-4-16-12(2)21(18-10-9-15(23-3)11-17(16)18)19(22)13-5-7-14(20)8-6-13;1-11-9-10-16-13(11)7-8-14(16)15(17)12-5-3-2-4-6-12;1-10(2)11-4-5-13-9-14(15-3)7-6-12(13)8-11;1-3-10-4-5-12-9-13(14-2)7-6-11(12)8-10;1-10(2)9-12-5-7-13(8-6-12)11(3)4;1-7(11)9-4-3-5-10(6-9)13-8(2)12/h5-11H,4H2,1-3H3;2-8,11H,9-10H2,1H3;4-10H,1-3H3;4-9H,3H2,1-2H3;5-8,10-11H,9H2,1-4H3;3-6H,1-2H3. The summed E-state index contributed by atoms with van der Waals surface area (Å²) in [5, 5.41) is 6.72. The van der Waals surface area contributed by atoms with Crippen LogP contribution in [0.25, 0.3) is 32.4 Å². The molecule has 1 aliphatic heterocycles. The number of hydrogen-bond donors (Lipinski definition) is 0. The highest BCUT2D eigenvalue weighted by molar-refractivity contribution is 6.30. The molecule has 2 aromatic heterocycles. The summed E-state index contributed by atoms with van der Waals surface area (Å²) >= 11 is 5.92. The van der Waals surface area contributed by atoms with E-state index in [1.165, 1.54) is 75.3 Å². The van der Waals surface area contributed by atoms with Crippen LogP contribution in [0.1, 0.15) is 176 Å². The summed E-state index contributed by atoms with van der Waals surface area (Å²) in [6.45, 7) is 25.6. The molecule has 95 heavy (non-hydrogen) atoms. The van der Waals surface area contributed by atoms with Crippen LogP contribution in [-0.2, 0) is 30.6 Å². The number of fused-ring (bicyclic) bond motifs is 4. The van der Waals surface area contributed by atoms with Crippen LogP contribution in [0.5, 0.6) is 23.0 Å². The van der Waals surface area contributed by atoms with Gasteiger partial charge in [-0.3, -0.25) is 23.7 Å².